The van der Waals surface area contributed by atoms with Crippen molar-refractivity contribution in [1.82, 2.24) is 10.2 Å². The molecule has 1 aliphatic heterocycles. The predicted octanol–water partition coefficient (Wildman–Crippen LogP) is 0.637. The number of ether oxygens (including phenoxy) is 1. The molecule has 1 heterocycles. The molecular formula is C15H18N2O4. The molecule has 0 radical (unpaired) electrons. The molecule has 3 amide bonds. The first-order valence-corrected chi connectivity index (χ1v) is 6.65. The first-order valence-electron chi connectivity index (χ1n) is 6.65. The molecule has 0 aromatic heterocycles. The quantitative estimate of drug-likeness (QED) is 0.829. The van der Waals surface area contributed by atoms with E-state index in [2.05, 4.69) is 5.32 Å². The maximum atomic E-state index is 12.3. The van der Waals surface area contributed by atoms with Crippen LogP contribution in [0.5, 0.6) is 5.75 Å². The smallest absolute Gasteiger partial charge is 0.261 e. The van der Waals surface area contributed by atoms with Crippen LogP contribution in [0.25, 0.3) is 0 Å². The van der Waals surface area contributed by atoms with Crippen LogP contribution in [0.2, 0.25) is 0 Å². The third kappa shape index (κ3) is 3.04. The lowest BCUT2D eigenvalue weighted by Crippen LogP contribution is -2.66. The van der Waals surface area contributed by atoms with E-state index in [4.69, 9.17) is 4.74 Å². The van der Waals surface area contributed by atoms with Crippen molar-refractivity contribution in [2.45, 2.75) is 26.3 Å². The van der Waals surface area contributed by atoms with Crippen LogP contribution in [0.4, 0.5) is 0 Å². The van der Waals surface area contributed by atoms with Gasteiger partial charge in [-0.05, 0) is 32.4 Å². The van der Waals surface area contributed by atoms with E-state index in [1.807, 2.05) is 25.1 Å². The number of amides is 3. The monoisotopic (exact) mass is 290 g/mol. The van der Waals surface area contributed by atoms with Crippen LogP contribution in [0.15, 0.2) is 24.3 Å². The molecule has 1 aliphatic rings. The Balaban J connectivity index is 2.07. The summed E-state index contributed by atoms with van der Waals surface area (Å²) in [5.41, 5.74) is -0.155. The zero-order valence-corrected chi connectivity index (χ0v) is 12.3. The van der Waals surface area contributed by atoms with Crippen molar-refractivity contribution in [1.29, 1.82) is 0 Å². The van der Waals surface area contributed by atoms with Gasteiger partial charge in [0.1, 0.15) is 17.8 Å². The first kappa shape index (κ1) is 15.0. The topological polar surface area (TPSA) is 75.7 Å². The van der Waals surface area contributed by atoms with Gasteiger partial charge >= 0.3 is 0 Å². The Labute approximate surface area is 123 Å². The lowest BCUT2D eigenvalue weighted by molar-refractivity contribution is -0.156. The van der Waals surface area contributed by atoms with E-state index in [1.54, 1.807) is 19.9 Å². The minimum atomic E-state index is -1.07. The summed E-state index contributed by atoms with van der Waals surface area (Å²) in [7, 11) is 0. The van der Waals surface area contributed by atoms with E-state index in [-0.39, 0.29) is 13.2 Å². The number of rotatable bonds is 3. The average Bonchev–Trinajstić information content (AvgIpc) is 2.42. The van der Waals surface area contributed by atoms with Crippen molar-refractivity contribution < 1.29 is 19.1 Å². The number of benzene rings is 1. The molecule has 6 nitrogen and oxygen atoms in total. The maximum Gasteiger partial charge on any atom is 0.261 e. The van der Waals surface area contributed by atoms with Crippen molar-refractivity contribution in [2.75, 3.05) is 13.2 Å². The van der Waals surface area contributed by atoms with Gasteiger partial charge in [0.15, 0.2) is 6.61 Å². The largest absolute Gasteiger partial charge is 0.483 e. The highest BCUT2D eigenvalue weighted by Crippen LogP contribution is 2.20. The van der Waals surface area contributed by atoms with E-state index < -0.39 is 23.3 Å². The summed E-state index contributed by atoms with van der Waals surface area (Å²) in [6.45, 7) is 4.71. The summed E-state index contributed by atoms with van der Waals surface area (Å²) in [5, 5.41) is 2.22. The Morgan fingerprint density at radius 2 is 2.00 bits per heavy atom. The van der Waals surface area contributed by atoms with Gasteiger partial charge in [-0.1, -0.05) is 18.2 Å². The van der Waals surface area contributed by atoms with Gasteiger partial charge in [0.25, 0.3) is 11.8 Å². The molecule has 21 heavy (non-hydrogen) atoms. The van der Waals surface area contributed by atoms with Crippen LogP contribution in [0.1, 0.15) is 19.4 Å². The van der Waals surface area contributed by atoms with Gasteiger partial charge in [0.05, 0.1) is 0 Å². The highest BCUT2D eigenvalue weighted by atomic mass is 16.5. The molecule has 1 aromatic carbocycles. The standard InChI is InChI=1S/C15H18N2O4/c1-10-6-4-5-7-11(10)21-9-13(19)17-8-12(18)16-14(20)15(17,2)3/h4-7H,8-9H2,1-3H3,(H,16,18,20). The molecule has 1 aromatic rings. The number of carbonyl (C=O) groups is 3. The van der Waals surface area contributed by atoms with Crippen molar-refractivity contribution in [2.24, 2.45) is 0 Å². The highest BCUT2D eigenvalue weighted by Gasteiger charge is 2.43. The van der Waals surface area contributed by atoms with Crippen molar-refractivity contribution >= 4 is 17.7 Å². The second kappa shape index (κ2) is 5.55. The van der Waals surface area contributed by atoms with Gasteiger partial charge in [0, 0.05) is 0 Å². The number of piperazine rings is 1. The van der Waals surface area contributed by atoms with Gasteiger partial charge < -0.3 is 9.64 Å². The number of hydrogen-bond acceptors (Lipinski definition) is 4. The fourth-order valence-corrected chi connectivity index (χ4v) is 2.12. The van der Waals surface area contributed by atoms with Gasteiger partial charge in [-0.2, -0.15) is 0 Å². The minimum absolute atomic E-state index is 0.144. The lowest BCUT2D eigenvalue weighted by Gasteiger charge is -2.39. The second-order valence-electron chi connectivity index (χ2n) is 5.47. The number of nitrogens with zero attached hydrogens (tertiary/aromatic N) is 1. The fourth-order valence-electron chi connectivity index (χ4n) is 2.12. The molecule has 1 N–H and O–H groups in total. The molecule has 0 unspecified atom stereocenters. The summed E-state index contributed by atoms with van der Waals surface area (Å²) in [6, 6.07) is 7.33. The Bertz CT molecular complexity index is 595. The predicted molar refractivity (Wildman–Crippen MR) is 75.6 cm³/mol. The summed E-state index contributed by atoms with van der Waals surface area (Å²) < 4.78 is 5.48. The number of imide groups is 1. The van der Waals surface area contributed by atoms with Crippen molar-refractivity contribution in [3.63, 3.8) is 0 Å². The molecule has 0 spiro atoms. The third-order valence-corrected chi connectivity index (χ3v) is 3.53. The maximum absolute atomic E-state index is 12.3. The third-order valence-electron chi connectivity index (χ3n) is 3.53. The Morgan fingerprint density at radius 1 is 1.33 bits per heavy atom. The van der Waals surface area contributed by atoms with Gasteiger partial charge in [0.2, 0.25) is 5.91 Å². The highest BCUT2D eigenvalue weighted by molar-refractivity contribution is 6.06. The molecule has 0 atom stereocenters. The van der Waals surface area contributed by atoms with Crippen LogP contribution in [-0.2, 0) is 14.4 Å². The van der Waals surface area contributed by atoms with Crippen LogP contribution < -0.4 is 10.1 Å². The van der Waals surface area contributed by atoms with Crippen LogP contribution in [-0.4, -0.2) is 41.3 Å². The number of carbonyl (C=O) groups excluding carboxylic acids is 3. The number of para-hydroxylation sites is 1. The molecule has 2 rings (SSSR count). The van der Waals surface area contributed by atoms with Crippen LogP contribution in [0.3, 0.4) is 0 Å². The number of aryl methyl sites for hydroxylation is 1. The minimum Gasteiger partial charge on any atom is -0.483 e. The number of hydrogen-bond donors (Lipinski definition) is 1. The molecule has 0 saturated carbocycles. The van der Waals surface area contributed by atoms with E-state index in [1.165, 1.54) is 4.90 Å². The normalized spacial score (nSPS) is 17.4. The summed E-state index contributed by atoms with van der Waals surface area (Å²) >= 11 is 0. The van der Waals surface area contributed by atoms with E-state index in [9.17, 15) is 14.4 Å². The number of nitrogens with one attached hydrogen (secondary N) is 1. The zero-order valence-electron chi connectivity index (χ0n) is 12.3. The Morgan fingerprint density at radius 3 is 2.67 bits per heavy atom. The van der Waals surface area contributed by atoms with E-state index in [0.717, 1.165) is 5.56 Å². The molecule has 1 saturated heterocycles. The Kier molecular flexibility index (Phi) is 3.97. The van der Waals surface area contributed by atoms with E-state index in [0.29, 0.717) is 5.75 Å². The summed E-state index contributed by atoms with van der Waals surface area (Å²) in [6.07, 6.45) is 0. The Hall–Kier alpha value is -2.37. The average molecular weight is 290 g/mol. The van der Waals surface area contributed by atoms with Gasteiger partial charge in [-0.25, -0.2) is 0 Å². The van der Waals surface area contributed by atoms with Crippen molar-refractivity contribution in [3.05, 3.63) is 29.8 Å². The first-order chi connectivity index (χ1) is 9.82. The lowest BCUT2D eigenvalue weighted by atomic mass is 9.98. The van der Waals surface area contributed by atoms with Crippen LogP contribution in [0, 0.1) is 6.92 Å². The van der Waals surface area contributed by atoms with Crippen LogP contribution >= 0.6 is 0 Å². The molecule has 1 fully saturated rings. The van der Waals surface area contributed by atoms with Gasteiger partial charge in [-0.15, -0.1) is 0 Å². The second-order valence-corrected chi connectivity index (χ2v) is 5.47. The molecular weight excluding hydrogens is 272 g/mol. The van der Waals surface area contributed by atoms with Gasteiger partial charge in [-0.3, -0.25) is 19.7 Å². The molecule has 0 aliphatic carbocycles. The molecule has 6 heteroatoms. The zero-order chi connectivity index (χ0) is 15.6. The molecule has 112 valence electrons. The fraction of sp³-hybridized carbons (Fsp3) is 0.400. The SMILES string of the molecule is Cc1ccccc1OCC(=O)N1CC(=O)NC(=O)C1(C)C. The summed E-state index contributed by atoms with van der Waals surface area (Å²) in [5.74, 6) is -0.755. The summed E-state index contributed by atoms with van der Waals surface area (Å²) in [4.78, 5) is 36.7. The van der Waals surface area contributed by atoms with Crippen molar-refractivity contribution in [3.8, 4) is 5.75 Å². The molecule has 0 bridgehead atoms. The van der Waals surface area contributed by atoms with E-state index >= 15 is 0 Å².